The van der Waals surface area contributed by atoms with Gasteiger partial charge in [0.15, 0.2) is 10.9 Å². The molecule has 1 heterocycles. The molecule has 0 atom stereocenters. The van der Waals surface area contributed by atoms with Gasteiger partial charge in [0.1, 0.15) is 0 Å². The summed E-state index contributed by atoms with van der Waals surface area (Å²) in [5.41, 5.74) is 0.693. The van der Waals surface area contributed by atoms with Crippen molar-refractivity contribution in [2.45, 2.75) is 0 Å². The molecule has 8 heteroatoms. The third-order valence-corrected chi connectivity index (χ3v) is 3.16. The van der Waals surface area contributed by atoms with Gasteiger partial charge in [-0.15, -0.1) is 0 Å². The normalized spacial score (nSPS) is 10.2. The molecule has 0 radical (unpaired) electrons. The van der Waals surface area contributed by atoms with Crippen LogP contribution >= 0.6 is 34.8 Å². The van der Waals surface area contributed by atoms with Crippen LogP contribution in [0.1, 0.15) is 0 Å². The lowest BCUT2D eigenvalue weighted by Gasteiger charge is -2.09. The van der Waals surface area contributed by atoms with Gasteiger partial charge in [-0.05, 0) is 24.3 Å². The SMILES string of the molecule is O=C(Nc1cc(Cl)c(O)c(Cl)c1)Nc1cccnc1Cl. The molecule has 2 aromatic rings. The van der Waals surface area contributed by atoms with E-state index in [1.807, 2.05) is 0 Å². The van der Waals surface area contributed by atoms with E-state index in [0.717, 1.165) is 0 Å². The van der Waals surface area contributed by atoms with Crippen LogP contribution in [0.3, 0.4) is 0 Å². The molecule has 0 unspecified atom stereocenters. The van der Waals surface area contributed by atoms with Gasteiger partial charge in [-0.25, -0.2) is 9.78 Å². The van der Waals surface area contributed by atoms with Crippen LogP contribution in [0, 0.1) is 0 Å². The Morgan fingerprint density at radius 3 is 2.40 bits per heavy atom. The van der Waals surface area contributed by atoms with Crippen LogP contribution in [0.2, 0.25) is 15.2 Å². The van der Waals surface area contributed by atoms with Crippen LogP contribution in [0.5, 0.6) is 5.75 Å². The van der Waals surface area contributed by atoms with Crippen molar-refractivity contribution in [2.75, 3.05) is 10.6 Å². The van der Waals surface area contributed by atoms with Crippen molar-refractivity contribution in [2.24, 2.45) is 0 Å². The molecule has 0 saturated carbocycles. The third kappa shape index (κ3) is 3.45. The van der Waals surface area contributed by atoms with Gasteiger partial charge in [0.25, 0.3) is 0 Å². The number of aromatic hydroxyl groups is 1. The Bertz CT molecular complexity index is 641. The predicted octanol–water partition coefficient (Wildman–Crippen LogP) is 4.39. The molecule has 2 rings (SSSR count). The Morgan fingerprint density at radius 2 is 1.80 bits per heavy atom. The fourth-order valence-corrected chi connectivity index (χ4v) is 2.06. The van der Waals surface area contributed by atoms with Crippen molar-refractivity contribution in [3.05, 3.63) is 45.7 Å². The molecule has 1 aromatic carbocycles. The molecule has 1 aromatic heterocycles. The highest BCUT2D eigenvalue weighted by Crippen LogP contribution is 2.34. The van der Waals surface area contributed by atoms with Gasteiger partial charge in [-0.3, -0.25) is 0 Å². The van der Waals surface area contributed by atoms with E-state index in [9.17, 15) is 9.90 Å². The number of carbonyl (C=O) groups is 1. The van der Waals surface area contributed by atoms with Crippen molar-refractivity contribution in [1.29, 1.82) is 0 Å². The number of hydrogen-bond acceptors (Lipinski definition) is 3. The summed E-state index contributed by atoms with van der Waals surface area (Å²) in [4.78, 5) is 15.6. The number of halogens is 3. The fraction of sp³-hybridized carbons (Fsp3) is 0. The average Bonchev–Trinajstić information content (AvgIpc) is 2.38. The standard InChI is InChI=1S/C12H8Cl3N3O2/c13-7-4-6(5-8(14)10(7)19)17-12(20)18-9-2-1-3-16-11(9)15/h1-5,19H,(H2,17,18,20). The van der Waals surface area contributed by atoms with E-state index in [1.165, 1.54) is 18.3 Å². The topological polar surface area (TPSA) is 74.2 Å². The van der Waals surface area contributed by atoms with E-state index in [4.69, 9.17) is 34.8 Å². The van der Waals surface area contributed by atoms with Gasteiger partial charge in [0.05, 0.1) is 15.7 Å². The van der Waals surface area contributed by atoms with Crippen LogP contribution < -0.4 is 10.6 Å². The van der Waals surface area contributed by atoms with E-state index in [2.05, 4.69) is 15.6 Å². The zero-order chi connectivity index (χ0) is 14.7. The molecule has 104 valence electrons. The molecule has 0 aliphatic rings. The first-order valence-corrected chi connectivity index (χ1v) is 6.47. The van der Waals surface area contributed by atoms with E-state index in [1.54, 1.807) is 12.1 Å². The van der Waals surface area contributed by atoms with Gasteiger partial charge in [-0.1, -0.05) is 34.8 Å². The molecule has 2 amide bonds. The van der Waals surface area contributed by atoms with Crippen LogP contribution in [-0.2, 0) is 0 Å². The summed E-state index contributed by atoms with van der Waals surface area (Å²) in [5, 5.41) is 14.7. The highest BCUT2D eigenvalue weighted by atomic mass is 35.5. The lowest BCUT2D eigenvalue weighted by Crippen LogP contribution is -2.19. The summed E-state index contributed by atoms with van der Waals surface area (Å²) in [5.74, 6) is -0.241. The summed E-state index contributed by atoms with van der Waals surface area (Å²) in [7, 11) is 0. The lowest BCUT2D eigenvalue weighted by atomic mass is 10.3. The molecule has 0 aliphatic carbocycles. The minimum atomic E-state index is -0.544. The monoisotopic (exact) mass is 331 g/mol. The van der Waals surface area contributed by atoms with E-state index < -0.39 is 6.03 Å². The van der Waals surface area contributed by atoms with E-state index in [-0.39, 0.29) is 20.9 Å². The molecule has 0 aliphatic heterocycles. The first-order chi connectivity index (χ1) is 9.47. The molecule has 0 fully saturated rings. The minimum Gasteiger partial charge on any atom is -0.505 e. The number of hydrogen-bond donors (Lipinski definition) is 3. The Hall–Kier alpha value is -1.69. The second-order valence-corrected chi connectivity index (χ2v) is 4.88. The van der Waals surface area contributed by atoms with Crippen molar-refractivity contribution in [1.82, 2.24) is 4.98 Å². The number of rotatable bonds is 2. The second-order valence-electron chi connectivity index (χ2n) is 3.71. The first-order valence-electron chi connectivity index (χ1n) is 5.34. The summed E-state index contributed by atoms with van der Waals surface area (Å²) < 4.78 is 0. The van der Waals surface area contributed by atoms with Crippen molar-refractivity contribution in [3.63, 3.8) is 0 Å². The Labute approximate surface area is 129 Å². The smallest absolute Gasteiger partial charge is 0.323 e. The Morgan fingerprint density at radius 1 is 1.15 bits per heavy atom. The zero-order valence-corrected chi connectivity index (χ0v) is 12.1. The molecule has 20 heavy (non-hydrogen) atoms. The number of phenolic OH excluding ortho intramolecular Hbond substituents is 1. The molecular formula is C12H8Cl3N3O2. The quantitative estimate of drug-likeness (QED) is 0.564. The van der Waals surface area contributed by atoms with Gasteiger partial charge in [-0.2, -0.15) is 0 Å². The maximum atomic E-state index is 11.8. The largest absolute Gasteiger partial charge is 0.505 e. The maximum absolute atomic E-state index is 11.8. The number of aromatic nitrogens is 1. The average molecular weight is 333 g/mol. The number of nitrogens with zero attached hydrogens (tertiary/aromatic N) is 1. The highest BCUT2D eigenvalue weighted by Gasteiger charge is 2.10. The lowest BCUT2D eigenvalue weighted by molar-refractivity contribution is 0.262. The van der Waals surface area contributed by atoms with Gasteiger partial charge in [0, 0.05) is 11.9 Å². The van der Waals surface area contributed by atoms with Crippen LogP contribution in [-0.4, -0.2) is 16.1 Å². The van der Waals surface area contributed by atoms with Crippen molar-refractivity contribution >= 4 is 52.2 Å². The van der Waals surface area contributed by atoms with Gasteiger partial charge in [0.2, 0.25) is 0 Å². The molecule has 5 nitrogen and oxygen atoms in total. The van der Waals surface area contributed by atoms with Crippen molar-refractivity contribution in [3.8, 4) is 5.75 Å². The summed E-state index contributed by atoms with van der Waals surface area (Å²) in [6, 6.07) is 5.43. The summed E-state index contributed by atoms with van der Waals surface area (Å²) in [6.45, 7) is 0. The first kappa shape index (κ1) is 14.7. The Balaban J connectivity index is 2.11. The Kier molecular flexibility index (Phi) is 4.54. The zero-order valence-electron chi connectivity index (χ0n) is 9.82. The van der Waals surface area contributed by atoms with Crippen molar-refractivity contribution < 1.29 is 9.90 Å². The number of carbonyl (C=O) groups excluding carboxylic acids is 1. The highest BCUT2D eigenvalue weighted by molar-refractivity contribution is 6.37. The molecule has 3 N–H and O–H groups in total. The second kappa shape index (κ2) is 6.17. The molecule has 0 bridgehead atoms. The van der Waals surface area contributed by atoms with Gasteiger partial charge < -0.3 is 15.7 Å². The molecule has 0 spiro atoms. The fourth-order valence-electron chi connectivity index (χ4n) is 1.40. The van der Waals surface area contributed by atoms with E-state index in [0.29, 0.717) is 11.4 Å². The third-order valence-electron chi connectivity index (χ3n) is 2.28. The summed E-state index contributed by atoms with van der Waals surface area (Å²) >= 11 is 17.3. The van der Waals surface area contributed by atoms with Crippen LogP contribution in [0.4, 0.5) is 16.2 Å². The minimum absolute atomic E-state index is 0.0345. The number of urea groups is 1. The van der Waals surface area contributed by atoms with Gasteiger partial charge >= 0.3 is 6.03 Å². The number of anilines is 2. The number of pyridine rings is 1. The van der Waals surface area contributed by atoms with Crippen LogP contribution in [0.15, 0.2) is 30.5 Å². The molecular weight excluding hydrogens is 325 g/mol. The molecule has 0 saturated heterocycles. The predicted molar refractivity (Wildman–Crippen MR) is 80.0 cm³/mol. The van der Waals surface area contributed by atoms with Crippen LogP contribution in [0.25, 0.3) is 0 Å². The number of amides is 2. The number of nitrogens with one attached hydrogen (secondary N) is 2. The summed E-state index contributed by atoms with van der Waals surface area (Å²) in [6.07, 6.45) is 1.50. The maximum Gasteiger partial charge on any atom is 0.323 e. The number of benzene rings is 1. The number of phenols is 1. The van der Waals surface area contributed by atoms with E-state index >= 15 is 0 Å².